The lowest BCUT2D eigenvalue weighted by Crippen LogP contribution is -2.00. The first kappa shape index (κ1) is 11.9. The molecule has 1 N–H and O–H groups in total. The summed E-state index contributed by atoms with van der Waals surface area (Å²) >= 11 is 1.42. The van der Waals surface area contributed by atoms with E-state index in [1.54, 1.807) is 0 Å². The lowest BCUT2D eigenvalue weighted by atomic mass is 10.2. The Morgan fingerprint density at radius 1 is 1.24 bits per heavy atom. The van der Waals surface area contributed by atoms with Crippen molar-refractivity contribution in [3.63, 3.8) is 0 Å². The summed E-state index contributed by atoms with van der Waals surface area (Å²) in [6.07, 6.45) is 0.808. The van der Waals surface area contributed by atoms with Gasteiger partial charge in [-0.1, -0.05) is 24.3 Å². The number of aliphatic carboxylic acids is 1. The Balaban J connectivity index is 1.97. The minimum absolute atomic E-state index is 0.160. The molecule has 0 saturated carbocycles. The number of carboxylic acid groups (broad SMARTS) is 1. The monoisotopic (exact) mass is 247 g/mol. The van der Waals surface area contributed by atoms with Crippen LogP contribution in [0.25, 0.3) is 10.9 Å². The van der Waals surface area contributed by atoms with Crippen LogP contribution in [0, 0.1) is 0 Å². The maximum atomic E-state index is 10.3. The van der Waals surface area contributed by atoms with Crippen LogP contribution in [0.4, 0.5) is 0 Å². The van der Waals surface area contributed by atoms with Crippen molar-refractivity contribution in [1.82, 2.24) is 4.98 Å². The molecule has 17 heavy (non-hydrogen) atoms. The van der Waals surface area contributed by atoms with Crippen molar-refractivity contribution < 1.29 is 9.90 Å². The topological polar surface area (TPSA) is 50.2 Å². The summed E-state index contributed by atoms with van der Waals surface area (Å²) in [6, 6.07) is 12.0. The summed E-state index contributed by atoms with van der Waals surface area (Å²) in [6.45, 7) is 0. The number of carboxylic acids is 1. The zero-order valence-corrected chi connectivity index (χ0v) is 10.1. The van der Waals surface area contributed by atoms with Gasteiger partial charge in [-0.15, -0.1) is 11.8 Å². The molecule has 4 heteroatoms. The number of pyridine rings is 1. The van der Waals surface area contributed by atoms with Crippen molar-refractivity contribution in [2.24, 2.45) is 0 Å². The average molecular weight is 247 g/mol. The van der Waals surface area contributed by atoms with Crippen molar-refractivity contribution in [3.05, 3.63) is 42.1 Å². The Hall–Kier alpha value is -1.55. The van der Waals surface area contributed by atoms with E-state index in [9.17, 15) is 4.79 Å². The highest BCUT2D eigenvalue weighted by Gasteiger charge is 2.00. The van der Waals surface area contributed by atoms with Gasteiger partial charge in [0.25, 0.3) is 0 Å². The third-order valence-electron chi connectivity index (χ3n) is 2.38. The number of hydrogen-bond donors (Lipinski definition) is 1. The van der Waals surface area contributed by atoms with Gasteiger partial charge in [-0.3, -0.25) is 9.78 Å². The van der Waals surface area contributed by atoms with Crippen molar-refractivity contribution in [3.8, 4) is 0 Å². The highest BCUT2D eigenvalue weighted by atomic mass is 32.2. The highest BCUT2D eigenvalue weighted by Crippen LogP contribution is 2.13. The predicted molar refractivity (Wildman–Crippen MR) is 70.4 cm³/mol. The van der Waals surface area contributed by atoms with Crippen LogP contribution in [0.15, 0.2) is 36.4 Å². The summed E-state index contributed by atoms with van der Waals surface area (Å²) in [7, 11) is 0. The molecule has 0 unspecified atom stereocenters. The van der Waals surface area contributed by atoms with E-state index in [-0.39, 0.29) is 5.75 Å². The minimum Gasteiger partial charge on any atom is -0.481 e. The third-order valence-corrected chi connectivity index (χ3v) is 3.33. The van der Waals surface area contributed by atoms with Gasteiger partial charge in [0.05, 0.1) is 11.3 Å². The molecule has 2 aromatic rings. The van der Waals surface area contributed by atoms with Gasteiger partial charge in [-0.25, -0.2) is 0 Å². The molecular formula is C13H13NO2S. The van der Waals surface area contributed by atoms with Gasteiger partial charge in [0.1, 0.15) is 0 Å². The molecule has 1 aromatic carbocycles. The number of benzene rings is 1. The van der Waals surface area contributed by atoms with E-state index in [1.165, 1.54) is 11.8 Å². The second kappa shape index (κ2) is 5.68. The molecule has 0 bridgehead atoms. The van der Waals surface area contributed by atoms with Crippen LogP contribution in [-0.4, -0.2) is 27.6 Å². The van der Waals surface area contributed by atoms with Crippen LogP contribution in [0.5, 0.6) is 0 Å². The third kappa shape index (κ3) is 3.46. The van der Waals surface area contributed by atoms with Gasteiger partial charge in [-0.2, -0.15) is 0 Å². The van der Waals surface area contributed by atoms with Crippen LogP contribution >= 0.6 is 11.8 Å². The smallest absolute Gasteiger partial charge is 0.313 e. The predicted octanol–water partition coefficient (Wildman–Crippen LogP) is 2.60. The molecule has 0 amide bonds. The summed E-state index contributed by atoms with van der Waals surface area (Å²) in [4.78, 5) is 14.9. The average Bonchev–Trinajstić information content (AvgIpc) is 2.34. The molecule has 3 nitrogen and oxygen atoms in total. The fourth-order valence-corrected chi connectivity index (χ4v) is 2.26. The number of para-hydroxylation sites is 1. The molecule has 0 aliphatic heterocycles. The van der Waals surface area contributed by atoms with Crippen molar-refractivity contribution in [2.45, 2.75) is 6.42 Å². The van der Waals surface area contributed by atoms with E-state index < -0.39 is 5.97 Å². The molecule has 0 saturated heterocycles. The quantitative estimate of drug-likeness (QED) is 0.825. The SMILES string of the molecule is O=C(O)CSCCc1ccc2ccccc2n1. The van der Waals surface area contributed by atoms with Gasteiger partial charge < -0.3 is 5.11 Å². The standard InChI is InChI=1S/C13H13NO2S/c15-13(16)9-17-8-7-11-6-5-10-3-1-2-4-12(10)14-11/h1-6H,7-9H2,(H,15,16). The first-order valence-corrected chi connectivity index (χ1v) is 6.55. The first-order chi connectivity index (χ1) is 8.25. The number of rotatable bonds is 5. The Kier molecular flexibility index (Phi) is 3.98. The fourth-order valence-electron chi connectivity index (χ4n) is 1.58. The second-order valence-corrected chi connectivity index (χ2v) is 4.80. The summed E-state index contributed by atoms with van der Waals surface area (Å²) < 4.78 is 0. The van der Waals surface area contributed by atoms with E-state index in [0.29, 0.717) is 0 Å². The molecule has 2 rings (SSSR count). The maximum absolute atomic E-state index is 10.3. The van der Waals surface area contributed by atoms with Gasteiger partial charge in [0, 0.05) is 11.1 Å². The van der Waals surface area contributed by atoms with Crippen molar-refractivity contribution >= 4 is 28.6 Å². The van der Waals surface area contributed by atoms with Crippen molar-refractivity contribution in [2.75, 3.05) is 11.5 Å². The molecule has 0 radical (unpaired) electrons. The number of fused-ring (bicyclic) bond motifs is 1. The number of hydrogen-bond acceptors (Lipinski definition) is 3. The maximum Gasteiger partial charge on any atom is 0.313 e. The second-order valence-electron chi connectivity index (χ2n) is 3.69. The molecule has 0 aliphatic carbocycles. The Bertz CT molecular complexity index is 528. The van der Waals surface area contributed by atoms with E-state index in [1.807, 2.05) is 30.3 Å². The first-order valence-electron chi connectivity index (χ1n) is 5.40. The molecule has 0 fully saturated rings. The summed E-state index contributed by atoms with van der Waals surface area (Å²) in [5, 5.41) is 9.65. The van der Waals surface area contributed by atoms with Gasteiger partial charge >= 0.3 is 5.97 Å². The normalized spacial score (nSPS) is 10.6. The van der Waals surface area contributed by atoms with E-state index in [0.717, 1.165) is 28.8 Å². The minimum atomic E-state index is -0.763. The molecule has 1 aromatic heterocycles. The molecule has 0 spiro atoms. The van der Waals surface area contributed by atoms with E-state index in [2.05, 4.69) is 11.1 Å². The Morgan fingerprint density at radius 2 is 2.06 bits per heavy atom. The van der Waals surface area contributed by atoms with Gasteiger partial charge in [0.15, 0.2) is 0 Å². The number of thioether (sulfide) groups is 1. The lowest BCUT2D eigenvalue weighted by Gasteiger charge is -2.02. The van der Waals surface area contributed by atoms with Gasteiger partial charge in [0.2, 0.25) is 0 Å². The van der Waals surface area contributed by atoms with E-state index >= 15 is 0 Å². The lowest BCUT2D eigenvalue weighted by molar-refractivity contribution is -0.133. The van der Waals surface area contributed by atoms with Crippen molar-refractivity contribution in [1.29, 1.82) is 0 Å². The molecule has 0 aliphatic rings. The molecular weight excluding hydrogens is 234 g/mol. The Labute approximate surface area is 104 Å². The number of aryl methyl sites for hydroxylation is 1. The van der Waals surface area contributed by atoms with Gasteiger partial charge in [-0.05, 0) is 24.3 Å². The summed E-state index contributed by atoms with van der Waals surface area (Å²) in [5.74, 6) is 0.187. The Morgan fingerprint density at radius 3 is 2.88 bits per heavy atom. The number of nitrogens with zero attached hydrogens (tertiary/aromatic N) is 1. The molecule has 88 valence electrons. The molecule has 1 heterocycles. The fraction of sp³-hybridized carbons (Fsp3) is 0.231. The largest absolute Gasteiger partial charge is 0.481 e. The van der Waals surface area contributed by atoms with Crippen LogP contribution in [-0.2, 0) is 11.2 Å². The van der Waals surface area contributed by atoms with E-state index in [4.69, 9.17) is 5.11 Å². The zero-order valence-electron chi connectivity index (χ0n) is 9.30. The summed E-state index contributed by atoms with van der Waals surface area (Å²) in [5.41, 5.74) is 2.01. The number of carbonyl (C=O) groups is 1. The highest BCUT2D eigenvalue weighted by molar-refractivity contribution is 7.99. The van der Waals surface area contributed by atoms with Crippen LogP contribution in [0.2, 0.25) is 0 Å². The number of aromatic nitrogens is 1. The zero-order chi connectivity index (χ0) is 12.1. The molecule has 0 atom stereocenters. The van der Waals surface area contributed by atoms with Crippen LogP contribution in [0.3, 0.4) is 0 Å². The van der Waals surface area contributed by atoms with Crippen LogP contribution < -0.4 is 0 Å². The van der Waals surface area contributed by atoms with Crippen LogP contribution in [0.1, 0.15) is 5.69 Å².